The standard InChI is InChI=1S/C10H20N2O4/c1-4-7(2)10(3,5-15-8(11)13)6-16-9(12)14/h7H,4-6H2,1-3H3,(H2,11,13)(H2,12,14). The quantitative estimate of drug-likeness (QED) is 0.718. The third-order valence-electron chi connectivity index (χ3n) is 2.89. The number of amides is 2. The number of primary amides is 2. The molecular formula is C10H20N2O4. The molecule has 0 saturated carbocycles. The van der Waals surface area contributed by atoms with Gasteiger partial charge in [-0.25, -0.2) is 9.59 Å². The van der Waals surface area contributed by atoms with Gasteiger partial charge in [-0.2, -0.15) is 0 Å². The zero-order valence-corrected chi connectivity index (χ0v) is 9.99. The molecule has 16 heavy (non-hydrogen) atoms. The first-order valence-electron chi connectivity index (χ1n) is 5.16. The molecule has 0 aliphatic heterocycles. The summed E-state index contributed by atoms with van der Waals surface area (Å²) in [6, 6.07) is 0. The van der Waals surface area contributed by atoms with Gasteiger partial charge in [-0.3, -0.25) is 0 Å². The Bertz CT molecular complexity index is 237. The molecule has 0 aromatic carbocycles. The second kappa shape index (κ2) is 6.19. The number of hydrogen-bond acceptors (Lipinski definition) is 4. The number of rotatable bonds is 6. The van der Waals surface area contributed by atoms with E-state index in [-0.39, 0.29) is 19.1 Å². The molecule has 6 nitrogen and oxygen atoms in total. The number of carbonyl (C=O) groups is 2. The highest BCUT2D eigenvalue weighted by Gasteiger charge is 2.33. The molecule has 0 aliphatic carbocycles. The number of carbonyl (C=O) groups excluding carboxylic acids is 2. The van der Waals surface area contributed by atoms with E-state index in [0.29, 0.717) is 0 Å². The van der Waals surface area contributed by atoms with Crippen LogP contribution < -0.4 is 11.5 Å². The topological polar surface area (TPSA) is 105 Å². The highest BCUT2D eigenvalue weighted by molar-refractivity contribution is 5.65. The lowest BCUT2D eigenvalue weighted by Gasteiger charge is -2.33. The van der Waals surface area contributed by atoms with Crippen molar-refractivity contribution in [2.24, 2.45) is 22.8 Å². The average molecular weight is 232 g/mol. The minimum Gasteiger partial charge on any atom is -0.449 e. The van der Waals surface area contributed by atoms with E-state index in [1.54, 1.807) is 0 Å². The Labute approximate surface area is 95.3 Å². The van der Waals surface area contributed by atoms with Gasteiger partial charge in [0.15, 0.2) is 0 Å². The van der Waals surface area contributed by atoms with Gasteiger partial charge in [0.25, 0.3) is 0 Å². The van der Waals surface area contributed by atoms with E-state index >= 15 is 0 Å². The maximum atomic E-state index is 10.6. The summed E-state index contributed by atoms with van der Waals surface area (Å²) < 4.78 is 9.54. The first kappa shape index (κ1) is 14.5. The van der Waals surface area contributed by atoms with E-state index in [4.69, 9.17) is 20.9 Å². The first-order chi connectivity index (χ1) is 7.31. The van der Waals surface area contributed by atoms with Crippen LogP contribution in [0.3, 0.4) is 0 Å². The zero-order chi connectivity index (χ0) is 12.8. The molecule has 0 rings (SSSR count). The van der Waals surface area contributed by atoms with Crippen LogP contribution in [0.4, 0.5) is 9.59 Å². The van der Waals surface area contributed by atoms with E-state index in [1.165, 1.54) is 0 Å². The summed E-state index contributed by atoms with van der Waals surface area (Å²) in [6.07, 6.45) is -0.817. The van der Waals surface area contributed by atoms with Crippen molar-refractivity contribution >= 4 is 12.2 Å². The van der Waals surface area contributed by atoms with Crippen molar-refractivity contribution in [1.29, 1.82) is 0 Å². The van der Waals surface area contributed by atoms with Gasteiger partial charge in [-0.15, -0.1) is 0 Å². The van der Waals surface area contributed by atoms with Crippen molar-refractivity contribution in [3.63, 3.8) is 0 Å². The van der Waals surface area contributed by atoms with Crippen LogP contribution in [0.1, 0.15) is 27.2 Å². The van der Waals surface area contributed by atoms with Gasteiger partial charge in [0.05, 0.1) is 0 Å². The van der Waals surface area contributed by atoms with Gasteiger partial charge >= 0.3 is 12.2 Å². The number of hydrogen-bond donors (Lipinski definition) is 2. The predicted octanol–water partition coefficient (Wildman–Crippen LogP) is 1.23. The molecule has 0 aromatic heterocycles. The van der Waals surface area contributed by atoms with Crippen molar-refractivity contribution in [2.75, 3.05) is 13.2 Å². The Balaban J connectivity index is 4.47. The van der Waals surface area contributed by atoms with Gasteiger partial charge in [-0.1, -0.05) is 27.2 Å². The summed E-state index contributed by atoms with van der Waals surface area (Å²) in [4.78, 5) is 21.1. The molecule has 1 unspecified atom stereocenters. The molecule has 0 bridgehead atoms. The number of ether oxygens (including phenoxy) is 2. The van der Waals surface area contributed by atoms with Crippen molar-refractivity contribution in [2.45, 2.75) is 27.2 Å². The zero-order valence-electron chi connectivity index (χ0n) is 9.99. The van der Waals surface area contributed by atoms with Crippen LogP contribution in [-0.4, -0.2) is 25.4 Å². The van der Waals surface area contributed by atoms with Gasteiger partial charge in [0.1, 0.15) is 13.2 Å². The third kappa shape index (κ3) is 4.86. The van der Waals surface area contributed by atoms with Crippen LogP contribution in [-0.2, 0) is 9.47 Å². The molecule has 4 N–H and O–H groups in total. The molecule has 0 radical (unpaired) electrons. The Hall–Kier alpha value is -1.46. The van der Waals surface area contributed by atoms with Crippen LogP contribution in [0.25, 0.3) is 0 Å². The maximum Gasteiger partial charge on any atom is 0.404 e. The van der Waals surface area contributed by atoms with E-state index in [0.717, 1.165) is 6.42 Å². The molecule has 2 amide bonds. The molecule has 94 valence electrons. The van der Waals surface area contributed by atoms with E-state index < -0.39 is 17.6 Å². The fraction of sp³-hybridized carbons (Fsp3) is 0.800. The van der Waals surface area contributed by atoms with E-state index in [9.17, 15) is 9.59 Å². The van der Waals surface area contributed by atoms with E-state index in [2.05, 4.69) is 0 Å². The minimum atomic E-state index is -0.839. The molecule has 6 heteroatoms. The first-order valence-corrected chi connectivity index (χ1v) is 5.16. The average Bonchev–Trinajstić information content (AvgIpc) is 2.22. The second-order valence-electron chi connectivity index (χ2n) is 4.18. The number of nitrogens with two attached hydrogens (primary N) is 2. The van der Waals surface area contributed by atoms with Crippen LogP contribution in [0.15, 0.2) is 0 Å². The SMILES string of the molecule is CCC(C)C(C)(COC(N)=O)COC(N)=O. The lowest BCUT2D eigenvalue weighted by molar-refractivity contribution is 0.00795. The fourth-order valence-electron chi connectivity index (χ4n) is 1.29. The summed E-state index contributed by atoms with van der Waals surface area (Å²) in [5.41, 5.74) is 9.33. The molecule has 0 heterocycles. The summed E-state index contributed by atoms with van der Waals surface area (Å²) in [7, 11) is 0. The van der Waals surface area contributed by atoms with Crippen molar-refractivity contribution < 1.29 is 19.1 Å². The Kier molecular flexibility index (Phi) is 5.63. The summed E-state index contributed by atoms with van der Waals surface area (Å²) >= 11 is 0. The summed E-state index contributed by atoms with van der Waals surface area (Å²) in [5.74, 6) is 0.200. The predicted molar refractivity (Wildman–Crippen MR) is 58.6 cm³/mol. The maximum absolute atomic E-state index is 10.6. The normalized spacial score (nSPS) is 12.9. The van der Waals surface area contributed by atoms with Gasteiger partial charge in [0, 0.05) is 5.41 Å². The van der Waals surface area contributed by atoms with E-state index in [1.807, 2.05) is 20.8 Å². The van der Waals surface area contributed by atoms with Gasteiger partial charge < -0.3 is 20.9 Å². The van der Waals surface area contributed by atoms with Gasteiger partial charge in [-0.05, 0) is 5.92 Å². The minimum absolute atomic E-state index is 0.102. The Morgan fingerprint density at radius 1 is 1.19 bits per heavy atom. The summed E-state index contributed by atoms with van der Waals surface area (Å²) in [5, 5.41) is 0. The molecule has 1 atom stereocenters. The van der Waals surface area contributed by atoms with Crippen LogP contribution in [0, 0.1) is 11.3 Å². The van der Waals surface area contributed by atoms with Gasteiger partial charge in [0.2, 0.25) is 0 Å². The second-order valence-corrected chi connectivity index (χ2v) is 4.18. The molecule has 0 aliphatic rings. The highest BCUT2D eigenvalue weighted by atomic mass is 16.6. The van der Waals surface area contributed by atoms with Crippen molar-refractivity contribution in [3.8, 4) is 0 Å². The molecule has 0 saturated heterocycles. The Morgan fingerprint density at radius 3 is 1.81 bits per heavy atom. The molecule has 0 spiro atoms. The molecule has 0 fully saturated rings. The lowest BCUT2D eigenvalue weighted by atomic mass is 9.78. The smallest absolute Gasteiger partial charge is 0.404 e. The molecule has 0 aromatic rings. The van der Waals surface area contributed by atoms with Crippen LogP contribution in [0.5, 0.6) is 0 Å². The third-order valence-corrected chi connectivity index (χ3v) is 2.89. The Morgan fingerprint density at radius 2 is 1.56 bits per heavy atom. The highest BCUT2D eigenvalue weighted by Crippen LogP contribution is 2.30. The fourth-order valence-corrected chi connectivity index (χ4v) is 1.29. The largest absolute Gasteiger partial charge is 0.449 e. The lowest BCUT2D eigenvalue weighted by Crippen LogP contribution is -2.38. The van der Waals surface area contributed by atoms with Crippen molar-refractivity contribution in [1.82, 2.24) is 0 Å². The summed E-state index contributed by atoms with van der Waals surface area (Å²) in [6.45, 7) is 6.04. The monoisotopic (exact) mass is 232 g/mol. The van der Waals surface area contributed by atoms with Crippen LogP contribution in [0.2, 0.25) is 0 Å². The van der Waals surface area contributed by atoms with Crippen molar-refractivity contribution in [3.05, 3.63) is 0 Å². The molecular weight excluding hydrogens is 212 g/mol. The van der Waals surface area contributed by atoms with Crippen LogP contribution >= 0.6 is 0 Å².